The monoisotopic (exact) mass is 460 g/mol. The van der Waals surface area contributed by atoms with Gasteiger partial charge in [-0.15, -0.1) is 0 Å². The average Bonchev–Trinajstić information content (AvgIpc) is 2.79. The summed E-state index contributed by atoms with van der Waals surface area (Å²) in [5.41, 5.74) is 0.841. The fourth-order valence-corrected chi connectivity index (χ4v) is 7.37. The van der Waals surface area contributed by atoms with Crippen molar-refractivity contribution in [2.75, 3.05) is 58.9 Å². The third-order valence-corrected chi connectivity index (χ3v) is 9.92. The van der Waals surface area contributed by atoms with Crippen molar-refractivity contribution in [2.24, 2.45) is 17.3 Å². The maximum atomic E-state index is 2.87. The van der Waals surface area contributed by atoms with E-state index in [2.05, 4.69) is 61.1 Å². The van der Waals surface area contributed by atoms with E-state index >= 15 is 0 Å². The van der Waals surface area contributed by atoms with Crippen LogP contribution in [0.4, 0.5) is 0 Å². The lowest BCUT2D eigenvalue weighted by Crippen LogP contribution is -2.53. The zero-order chi connectivity index (χ0) is 23.6. The van der Waals surface area contributed by atoms with Crippen molar-refractivity contribution in [3.63, 3.8) is 0 Å². The molecule has 0 bridgehead atoms. The molecule has 0 saturated carbocycles. The number of hydrogen-bond acceptors (Lipinski definition) is 4. The van der Waals surface area contributed by atoms with Crippen molar-refractivity contribution in [1.29, 1.82) is 0 Å². The summed E-state index contributed by atoms with van der Waals surface area (Å²) < 4.78 is 0. The summed E-state index contributed by atoms with van der Waals surface area (Å²) in [6, 6.07) is 1.72. The van der Waals surface area contributed by atoms with Gasteiger partial charge in [-0.05, 0) is 142 Å². The predicted octanol–water partition coefficient (Wildman–Crippen LogP) is 5.18. The largest absolute Gasteiger partial charge is 0.303 e. The molecular formula is C29H56N4. The SMILES string of the molecule is CC(C)(C)C1CCN(C2CCN(C3CCN(CC4CCN(C(C)(C)C)CC4)CC3)CC2)CC1. The minimum absolute atomic E-state index is 0.347. The minimum Gasteiger partial charge on any atom is -0.303 e. The standard InChI is InChI=1S/C29H56N4/c1-28(2,3)25-9-17-31(18-10-25)27-13-19-32(20-14-27)26-11-15-30(16-12-26)23-24-7-21-33(22-8-24)29(4,5)6/h24-27H,7-23H2,1-6H3. The number of hydrogen-bond donors (Lipinski definition) is 0. The maximum absolute atomic E-state index is 2.87. The summed E-state index contributed by atoms with van der Waals surface area (Å²) in [6.07, 6.45) is 11.3. The lowest BCUT2D eigenvalue weighted by Gasteiger charge is -2.47. The fraction of sp³-hybridized carbons (Fsp3) is 1.00. The molecule has 4 heteroatoms. The Morgan fingerprint density at radius 1 is 0.545 bits per heavy atom. The maximum Gasteiger partial charge on any atom is 0.0125 e. The van der Waals surface area contributed by atoms with Gasteiger partial charge in [0.05, 0.1) is 0 Å². The highest BCUT2D eigenvalue weighted by atomic mass is 15.2. The van der Waals surface area contributed by atoms with Crippen LogP contribution in [0, 0.1) is 17.3 Å². The lowest BCUT2D eigenvalue weighted by molar-refractivity contribution is 0.0252. The molecule has 4 nitrogen and oxygen atoms in total. The van der Waals surface area contributed by atoms with E-state index in [1.165, 1.54) is 110 Å². The molecule has 4 aliphatic heterocycles. The van der Waals surface area contributed by atoms with Gasteiger partial charge < -0.3 is 14.7 Å². The van der Waals surface area contributed by atoms with Crippen LogP contribution in [0.2, 0.25) is 0 Å². The smallest absolute Gasteiger partial charge is 0.0125 e. The summed E-state index contributed by atoms with van der Waals surface area (Å²) in [4.78, 5) is 11.2. The van der Waals surface area contributed by atoms with Gasteiger partial charge in [-0.2, -0.15) is 0 Å². The Morgan fingerprint density at radius 2 is 1.00 bits per heavy atom. The Hall–Kier alpha value is -0.160. The van der Waals surface area contributed by atoms with Gasteiger partial charge in [0.2, 0.25) is 0 Å². The topological polar surface area (TPSA) is 13.0 Å². The van der Waals surface area contributed by atoms with Gasteiger partial charge in [0.25, 0.3) is 0 Å². The van der Waals surface area contributed by atoms with E-state index in [-0.39, 0.29) is 0 Å². The summed E-state index contributed by atoms with van der Waals surface area (Å²) in [5.74, 6) is 1.85. The Bertz CT molecular complexity index is 574. The van der Waals surface area contributed by atoms with Crippen LogP contribution in [-0.4, -0.2) is 96.1 Å². The molecule has 4 heterocycles. The van der Waals surface area contributed by atoms with Gasteiger partial charge in [-0.3, -0.25) is 4.90 Å². The second-order valence-electron chi connectivity index (χ2n) is 14.1. The van der Waals surface area contributed by atoms with E-state index in [0.717, 1.165) is 23.9 Å². The normalized spacial score (nSPS) is 28.5. The number of piperidine rings is 4. The molecule has 0 aromatic heterocycles. The molecular weight excluding hydrogens is 404 g/mol. The molecule has 4 aliphatic rings. The quantitative estimate of drug-likeness (QED) is 0.573. The van der Waals surface area contributed by atoms with E-state index in [1.807, 2.05) is 0 Å². The zero-order valence-corrected chi connectivity index (χ0v) is 23.1. The highest BCUT2D eigenvalue weighted by Gasteiger charge is 2.35. The van der Waals surface area contributed by atoms with Crippen molar-refractivity contribution >= 4 is 0 Å². The van der Waals surface area contributed by atoms with Crippen molar-refractivity contribution in [1.82, 2.24) is 19.6 Å². The van der Waals surface area contributed by atoms with Crippen LogP contribution in [0.25, 0.3) is 0 Å². The molecule has 0 unspecified atom stereocenters. The summed E-state index contributed by atoms with van der Waals surface area (Å²) >= 11 is 0. The van der Waals surface area contributed by atoms with Crippen molar-refractivity contribution < 1.29 is 0 Å². The van der Waals surface area contributed by atoms with E-state index < -0.39 is 0 Å². The lowest BCUT2D eigenvalue weighted by atomic mass is 9.75. The van der Waals surface area contributed by atoms with E-state index in [0.29, 0.717) is 11.0 Å². The highest BCUT2D eigenvalue weighted by Crippen LogP contribution is 2.36. The number of nitrogens with zero attached hydrogens (tertiary/aromatic N) is 4. The average molecular weight is 461 g/mol. The van der Waals surface area contributed by atoms with Gasteiger partial charge >= 0.3 is 0 Å². The van der Waals surface area contributed by atoms with Crippen molar-refractivity contribution in [3.8, 4) is 0 Å². The molecule has 4 rings (SSSR count). The second kappa shape index (κ2) is 10.8. The number of rotatable bonds is 4. The van der Waals surface area contributed by atoms with Crippen LogP contribution in [0.1, 0.15) is 92.9 Å². The fourth-order valence-electron chi connectivity index (χ4n) is 7.37. The van der Waals surface area contributed by atoms with Crippen LogP contribution in [0.15, 0.2) is 0 Å². The summed E-state index contributed by atoms with van der Waals surface area (Å²) in [7, 11) is 0. The molecule has 33 heavy (non-hydrogen) atoms. The van der Waals surface area contributed by atoms with Crippen LogP contribution in [-0.2, 0) is 0 Å². The molecule has 0 aliphatic carbocycles. The Labute approximate surface area is 206 Å². The first-order chi connectivity index (χ1) is 15.6. The Balaban J connectivity index is 1.12. The van der Waals surface area contributed by atoms with Gasteiger partial charge in [0.15, 0.2) is 0 Å². The van der Waals surface area contributed by atoms with E-state index in [9.17, 15) is 0 Å². The Morgan fingerprint density at radius 3 is 1.45 bits per heavy atom. The molecule has 0 radical (unpaired) electrons. The highest BCUT2D eigenvalue weighted by molar-refractivity contribution is 4.90. The molecule has 4 saturated heterocycles. The first-order valence-corrected chi connectivity index (χ1v) is 14.5. The van der Waals surface area contributed by atoms with E-state index in [4.69, 9.17) is 0 Å². The second-order valence-corrected chi connectivity index (χ2v) is 14.1. The van der Waals surface area contributed by atoms with Crippen LogP contribution >= 0.6 is 0 Å². The molecule has 4 fully saturated rings. The van der Waals surface area contributed by atoms with E-state index in [1.54, 1.807) is 0 Å². The van der Waals surface area contributed by atoms with Crippen LogP contribution in [0.3, 0.4) is 0 Å². The first kappa shape index (κ1) is 25.9. The first-order valence-electron chi connectivity index (χ1n) is 14.5. The molecule has 0 amide bonds. The summed E-state index contributed by atoms with van der Waals surface area (Å²) in [6.45, 7) is 26.4. The molecule has 192 valence electrons. The van der Waals surface area contributed by atoms with Crippen LogP contribution in [0.5, 0.6) is 0 Å². The molecule has 0 aromatic rings. The third-order valence-electron chi connectivity index (χ3n) is 9.92. The minimum atomic E-state index is 0.347. The molecule has 0 spiro atoms. The molecule has 0 aromatic carbocycles. The van der Waals surface area contributed by atoms with Crippen molar-refractivity contribution in [2.45, 2.75) is 111 Å². The van der Waals surface area contributed by atoms with Crippen molar-refractivity contribution in [3.05, 3.63) is 0 Å². The van der Waals surface area contributed by atoms with Gasteiger partial charge in [-0.1, -0.05) is 20.8 Å². The van der Waals surface area contributed by atoms with Gasteiger partial charge in [-0.25, -0.2) is 0 Å². The zero-order valence-electron chi connectivity index (χ0n) is 23.1. The van der Waals surface area contributed by atoms with Gasteiger partial charge in [0.1, 0.15) is 0 Å². The molecule has 0 N–H and O–H groups in total. The van der Waals surface area contributed by atoms with Gasteiger partial charge in [0, 0.05) is 24.2 Å². The third kappa shape index (κ3) is 6.96. The molecule has 0 atom stereocenters. The number of likely N-dealkylation sites (tertiary alicyclic amines) is 4. The summed E-state index contributed by atoms with van der Waals surface area (Å²) in [5, 5.41) is 0. The van der Waals surface area contributed by atoms with Crippen LogP contribution < -0.4 is 0 Å². The Kier molecular flexibility index (Phi) is 8.52. The predicted molar refractivity (Wildman–Crippen MR) is 142 cm³/mol.